The molecule has 4 rings (SSSR count). The Morgan fingerprint density at radius 2 is 1.62 bits per heavy atom. The van der Waals surface area contributed by atoms with Crippen molar-refractivity contribution in [2.75, 3.05) is 17.7 Å². The van der Waals surface area contributed by atoms with Gasteiger partial charge in [0, 0.05) is 40.7 Å². The van der Waals surface area contributed by atoms with E-state index in [0.29, 0.717) is 38.7 Å². The largest absolute Gasteiger partial charge is 0.417 e. The van der Waals surface area contributed by atoms with Crippen LogP contribution < -0.4 is 16.0 Å². The summed E-state index contributed by atoms with van der Waals surface area (Å²) in [6.07, 6.45) is -4.76. The number of halogens is 4. The number of aromatic nitrogens is 2. The van der Waals surface area contributed by atoms with Gasteiger partial charge in [0.2, 0.25) is 5.91 Å². The molecular formula is C29H27ClF3N5O2. The molecule has 208 valence electrons. The summed E-state index contributed by atoms with van der Waals surface area (Å²) < 4.78 is 41.4. The highest BCUT2D eigenvalue weighted by Crippen LogP contribution is 2.34. The van der Waals surface area contributed by atoms with Crippen molar-refractivity contribution in [2.24, 2.45) is 5.41 Å². The minimum atomic E-state index is -4.76. The Morgan fingerprint density at radius 3 is 2.25 bits per heavy atom. The number of fused-ring (bicyclic) bond motifs is 1. The molecule has 0 fully saturated rings. The fraction of sp³-hybridized carbons (Fsp3) is 0.241. The number of carbonyl (C=O) groups excluding carboxylic acids is 2. The number of amides is 2. The van der Waals surface area contributed by atoms with E-state index in [1.807, 2.05) is 0 Å². The predicted octanol–water partition coefficient (Wildman–Crippen LogP) is 6.93. The summed E-state index contributed by atoms with van der Waals surface area (Å²) in [6, 6.07) is 15.0. The van der Waals surface area contributed by atoms with Crippen LogP contribution in [0, 0.1) is 5.41 Å². The molecule has 0 bridgehead atoms. The zero-order valence-electron chi connectivity index (χ0n) is 22.2. The predicted molar refractivity (Wildman–Crippen MR) is 150 cm³/mol. The highest BCUT2D eigenvalue weighted by atomic mass is 35.5. The van der Waals surface area contributed by atoms with Gasteiger partial charge in [-0.25, -0.2) is 9.97 Å². The number of alkyl halides is 3. The lowest BCUT2D eigenvalue weighted by molar-refractivity contribution is -0.138. The average molecular weight is 570 g/mol. The molecule has 1 heterocycles. The number of nitrogens with one attached hydrogen (secondary N) is 3. The Hall–Kier alpha value is -4.18. The zero-order chi connectivity index (χ0) is 29.2. The molecule has 0 spiro atoms. The standard InChI is InChI=1S/C29H27ClF3N5O2/c1-28(2,3)27(40)35-15-16-5-12-22(29(31,32)33)21(13-16)26(39)36-19-10-11-20-23(14-19)37-24(38-25(20)34-4)17-6-8-18(30)9-7-17/h5-14H,15H2,1-4H3,(H,35,40)(H,36,39)(H,34,37,38). The van der Waals surface area contributed by atoms with Gasteiger partial charge in [-0.15, -0.1) is 0 Å². The Kier molecular flexibility index (Phi) is 8.02. The van der Waals surface area contributed by atoms with Gasteiger partial charge < -0.3 is 16.0 Å². The van der Waals surface area contributed by atoms with Gasteiger partial charge in [0.05, 0.1) is 16.6 Å². The molecular weight excluding hydrogens is 543 g/mol. The lowest BCUT2D eigenvalue weighted by Crippen LogP contribution is -2.34. The summed E-state index contributed by atoms with van der Waals surface area (Å²) in [5.74, 6) is -0.273. The Labute approximate surface area is 234 Å². The van der Waals surface area contributed by atoms with Crippen LogP contribution in [0.25, 0.3) is 22.3 Å². The molecule has 1 aromatic heterocycles. The minimum absolute atomic E-state index is 0.0261. The summed E-state index contributed by atoms with van der Waals surface area (Å²) in [4.78, 5) is 34.5. The first kappa shape index (κ1) is 28.8. The minimum Gasteiger partial charge on any atom is -0.373 e. The first-order valence-electron chi connectivity index (χ1n) is 12.3. The maximum atomic E-state index is 13.8. The third kappa shape index (κ3) is 6.51. The molecule has 2 amide bonds. The van der Waals surface area contributed by atoms with Gasteiger partial charge in [-0.3, -0.25) is 9.59 Å². The van der Waals surface area contributed by atoms with Gasteiger partial charge in [0.1, 0.15) is 5.82 Å². The summed E-state index contributed by atoms with van der Waals surface area (Å²) in [7, 11) is 1.71. The van der Waals surface area contributed by atoms with E-state index >= 15 is 0 Å². The SMILES string of the molecule is CNc1nc(-c2ccc(Cl)cc2)nc2cc(NC(=O)c3cc(CNC(=O)C(C)(C)C)ccc3C(F)(F)F)ccc12. The summed E-state index contributed by atoms with van der Waals surface area (Å²) in [5.41, 5.74) is -0.531. The summed E-state index contributed by atoms with van der Waals surface area (Å²) >= 11 is 5.99. The van der Waals surface area contributed by atoms with Crippen molar-refractivity contribution in [3.8, 4) is 11.4 Å². The monoisotopic (exact) mass is 569 g/mol. The zero-order valence-corrected chi connectivity index (χ0v) is 23.0. The number of rotatable bonds is 6. The van der Waals surface area contributed by atoms with E-state index < -0.39 is 28.6 Å². The molecule has 7 nitrogen and oxygen atoms in total. The van der Waals surface area contributed by atoms with Crippen molar-refractivity contribution in [1.82, 2.24) is 15.3 Å². The van der Waals surface area contributed by atoms with Crippen molar-refractivity contribution >= 4 is 45.8 Å². The van der Waals surface area contributed by atoms with E-state index in [2.05, 4.69) is 25.9 Å². The van der Waals surface area contributed by atoms with Crippen LogP contribution in [0.3, 0.4) is 0 Å². The van der Waals surface area contributed by atoms with Crippen LogP contribution in [0.2, 0.25) is 5.02 Å². The molecule has 40 heavy (non-hydrogen) atoms. The molecule has 0 saturated carbocycles. The van der Waals surface area contributed by atoms with Gasteiger partial charge in [-0.1, -0.05) is 38.4 Å². The smallest absolute Gasteiger partial charge is 0.373 e. The highest BCUT2D eigenvalue weighted by Gasteiger charge is 2.35. The van der Waals surface area contributed by atoms with Crippen LogP contribution in [0.1, 0.15) is 42.3 Å². The average Bonchev–Trinajstić information content (AvgIpc) is 2.90. The molecule has 0 atom stereocenters. The topological polar surface area (TPSA) is 96.0 Å². The van der Waals surface area contributed by atoms with Gasteiger partial charge in [0.25, 0.3) is 5.91 Å². The molecule has 3 aromatic carbocycles. The second-order valence-corrected chi connectivity index (χ2v) is 10.6. The van der Waals surface area contributed by atoms with E-state index in [4.69, 9.17) is 11.6 Å². The number of benzene rings is 3. The molecule has 0 aliphatic carbocycles. The molecule has 0 saturated heterocycles. The first-order valence-corrected chi connectivity index (χ1v) is 12.7. The number of anilines is 2. The summed E-state index contributed by atoms with van der Waals surface area (Å²) in [5, 5.41) is 9.48. The molecule has 11 heteroatoms. The third-order valence-electron chi connectivity index (χ3n) is 6.06. The van der Waals surface area contributed by atoms with E-state index in [0.717, 1.165) is 12.1 Å². The van der Waals surface area contributed by atoms with Crippen molar-refractivity contribution in [3.05, 3.63) is 82.4 Å². The van der Waals surface area contributed by atoms with E-state index in [1.165, 1.54) is 6.07 Å². The summed E-state index contributed by atoms with van der Waals surface area (Å²) in [6.45, 7) is 5.14. The normalized spacial score (nSPS) is 11.8. The van der Waals surface area contributed by atoms with Crippen LogP contribution in [0.15, 0.2) is 60.7 Å². The maximum Gasteiger partial charge on any atom is 0.417 e. The first-order chi connectivity index (χ1) is 18.8. The van der Waals surface area contributed by atoms with Crippen LogP contribution in [-0.2, 0) is 17.5 Å². The number of nitrogens with zero attached hydrogens (tertiary/aromatic N) is 2. The second kappa shape index (κ2) is 11.1. The highest BCUT2D eigenvalue weighted by molar-refractivity contribution is 6.30. The molecule has 0 unspecified atom stereocenters. The maximum absolute atomic E-state index is 13.8. The van der Waals surface area contributed by atoms with Crippen molar-refractivity contribution in [2.45, 2.75) is 33.5 Å². The van der Waals surface area contributed by atoms with Crippen molar-refractivity contribution in [1.29, 1.82) is 0 Å². The number of carbonyl (C=O) groups is 2. The fourth-order valence-electron chi connectivity index (χ4n) is 3.91. The molecule has 0 aliphatic rings. The van der Waals surface area contributed by atoms with Gasteiger partial charge in [-0.05, 0) is 60.2 Å². The van der Waals surface area contributed by atoms with Gasteiger partial charge in [0.15, 0.2) is 5.82 Å². The van der Waals surface area contributed by atoms with Gasteiger partial charge in [-0.2, -0.15) is 13.2 Å². The Balaban J connectivity index is 1.67. The number of hydrogen-bond acceptors (Lipinski definition) is 5. The molecule has 4 aromatic rings. The molecule has 3 N–H and O–H groups in total. The van der Waals surface area contributed by atoms with Crippen LogP contribution in [0.5, 0.6) is 0 Å². The van der Waals surface area contributed by atoms with Gasteiger partial charge >= 0.3 is 6.18 Å². The molecule has 0 aliphatic heterocycles. The lowest BCUT2D eigenvalue weighted by Gasteiger charge is -2.19. The lowest BCUT2D eigenvalue weighted by atomic mass is 9.95. The quantitative estimate of drug-likeness (QED) is 0.234. The van der Waals surface area contributed by atoms with E-state index in [1.54, 1.807) is 70.3 Å². The van der Waals surface area contributed by atoms with Crippen LogP contribution in [0.4, 0.5) is 24.7 Å². The third-order valence-corrected chi connectivity index (χ3v) is 6.31. The molecule has 0 radical (unpaired) electrons. The number of hydrogen-bond donors (Lipinski definition) is 3. The second-order valence-electron chi connectivity index (χ2n) is 10.1. The Bertz CT molecular complexity index is 1580. The Morgan fingerprint density at radius 1 is 0.925 bits per heavy atom. The fourth-order valence-corrected chi connectivity index (χ4v) is 4.03. The van der Waals surface area contributed by atoms with E-state index in [-0.39, 0.29) is 18.1 Å². The van der Waals surface area contributed by atoms with E-state index in [9.17, 15) is 22.8 Å². The van der Waals surface area contributed by atoms with Crippen LogP contribution >= 0.6 is 11.6 Å². The van der Waals surface area contributed by atoms with Crippen molar-refractivity contribution < 1.29 is 22.8 Å². The van der Waals surface area contributed by atoms with Crippen molar-refractivity contribution in [3.63, 3.8) is 0 Å². The van der Waals surface area contributed by atoms with Crippen LogP contribution in [-0.4, -0.2) is 28.8 Å².